The van der Waals surface area contributed by atoms with Gasteiger partial charge in [0.15, 0.2) is 0 Å². The molecular weight excluding hydrogens is 330 g/mol. The molecule has 1 atom stereocenters. The highest BCUT2D eigenvalue weighted by atomic mass is 16.5. The van der Waals surface area contributed by atoms with Gasteiger partial charge in [0, 0.05) is 30.8 Å². The Balaban J connectivity index is 1.86. The average Bonchev–Trinajstić information content (AvgIpc) is 2.94. The Morgan fingerprint density at radius 3 is 2.92 bits per heavy atom. The topological polar surface area (TPSA) is 65.4 Å². The van der Waals surface area contributed by atoms with E-state index in [1.54, 1.807) is 7.11 Å². The third kappa shape index (κ3) is 3.69. The number of fused-ring (bicyclic) bond motifs is 1. The van der Waals surface area contributed by atoms with Crippen molar-refractivity contribution in [2.45, 2.75) is 58.7 Å². The summed E-state index contributed by atoms with van der Waals surface area (Å²) in [5, 5.41) is 7.59. The van der Waals surface area contributed by atoms with Crippen LogP contribution in [0.1, 0.15) is 61.3 Å². The van der Waals surface area contributed by atoms with E-state index in [9.17, 15) is 4.79 Å². The van der Waals surface area contributed by atoms with E-state index in [1.807, 2.05) is 49.8 Å². The summed E-state index contributed by atoms with van der Waals surface area (Å²) in [5.74, 6) is 1.39. The summed E-state index contributed by atoms with van der Waals surface area (Å²) in [6.45, 7) is 8.82. The number of carbonyl (C=O) groups excluding carboxylic acids is 1. The fourth-order valence-electron chi connectivity index (χ4n) is 3.41. The molecule has 26 heavy (non-hydrogen) atoms. The normalized spacial score (nSPS) is 18.0. The molecule has 0 aliphatic carbocycles. The van der Waals surface area contributed by atoms with Crippen LogP contribution in [0.4, 0.5) is 0 Å². The predicted octanol–water partition coefficient (Wildman–Crippen LogP) is 3.64. The second-order valence-electron chi connectivity index (χ2n) is 7.39. The Hall–Kier alpha value is -2.50. The maximum absolute atomic E-state index is 12.9. The van der Waals surface area contributed by atoms with Crippen molar-refractivity contribution in [3.8, 4) is 11.5 Å². The SMILES string of the molecule is CCCn1cc(C(=O)N[C@H]2CC(C)(C)Oc3cc(OC)ccc32)c(C)n1. The molecule has 1 aliphatic rings. The second kappa shape index (κ2) is 7.02. The van der Waals surface area contributed by atoms with Crippen molar-refractivity contribution >= 4 is 5.91 Å². The largest absolute Gasteiger partial charge is 0.497 e. The van der Waals surface area contributed by atoms with Gasteiger partial charge in [-0.25, -0.2) is 0 Å². The van der Waals surface area contributed by atoms with E-state index in [0.29, 0.717) is 12.0 Å². The fourth-order valence-corrected chi connectivity index (χ4v) is 3.41. The predicted molar refractivity (Wildman–Crippen MR) is 99.8 cm³/mol. The summed E-state index contributed by atoms with van der Waals surface area (Å²) in [6.07, 6.45) is 3.50. The minimum atomic E-state index is -0.376. The molecule has 6 nitrogen and oxygen atoms in total. The van der Waals surface area contributed by atoms with E-state index < -0.39 is 0 Å². The van der Waals surface area contributed by atoms with Crippen LogP contribution in [0.2, 0.25) is 0 Å². The van der Waals surface area contributed by atoms with Crippen molar-refractivity contribution in [3.05, 3.63) is 41.2 Å². The van der Waals surface area contributed by atoms with Crippen LogP contribution in [-0.4, -0.2) is 28.4 Å². The Morgan fingerprint density at radius 1 is 1.46 bits per heavy atom. The second-order valence-corrected chi connectivity index (χ2v) is 7.39. The first-order valence-electron chi connectivity index (χ1n) is 9.05. The lowest BCUT2D eigenvalue weighted by Gasteiger charge is -2.38. The number of hydrogen-bond donors (Lipinski definition) is 1. The van der Waals surface area contributed by atoms with Gasteiger partial charge in [-0.15, -0.1) is 0 Å². The first-order valence-corrected chi connectivity index (χ1v) is 9.05. The van der Waals surface area contributed by atoms with Crippen molar-refractivity contribution in [1.29, 1.82) is 0 Å². The zero-order chi connectivity index (χ0) is 18.9. The molecule has 0 unspecified atom stereocenters. The molecule has 0 radical (unpaired) electrons. The third-order valence-electron chi connectivity index (χ3n) is 4.63. The lowest BCUT2D eigenvalue weighted by Crippen LogP contribution is -2.41. The van der Waals surface area contributed by atoms with Gasteiger partial charge in [0.1, 0.15) is 17.1 Å². The summed E-state index contributed by atoms with van der Waals surface area (Å²) in [4.78, 5) is 12.9. The molecule has 3 rings (SSSR count). The maximum atomic E-state index is 12.9. The highest BCUT2D eigenvalue weighted by Crippen LogP contribution is 2.41. The zero-order valence-corrected chi connectivity index (χ0v) is 16.1. The van der Waals surface area contributed by atoms with Crippen molar-refractivity contribution < 1.29 is 14.3 Å². The minimum Gasteiger partial charge on any atom is -0.497 e. The monoisotopic (exact) mass is 357 g/mol. The molecule has 1 aromatic carbocycles. The van der Waals surface area contributed by atoms with Gasteiger partial charge >= 0.3 is 0 Å². The molecule has 1 N–H and O–H groups in total. The van der Waals surface area contributed by atoms with Crippen LogP contribution >= 0.6 is 0 Å². The van der Waals surface area contributed by atoms with Gasteiger partial charge in [0.25, 0.3) is 5.91 Å². The molecule has 6 heteroatoms. The van der Waals surface area contributed by atoms with Crippen LogP contribution in [0, 0.1) is 6.92 Å². The minimum absolute atomic E-state index is 0.102. The summed E-state index contributed by atoms with van der Waals surface area (Å²) in [6, 6.07) is 5.60. The number of aromatic nitrogens is 2. The molecule has 1 amide bonds. The molecule has 140 valence electrons. The number of benzene rings is 1. The Bertz CT molecular complexity index is 811. The van der Waals surface area contributed by atoms with E-state index in [2.05, 4.69) is 17.3 Å². The van der Waals surface area contributed by atoms with E-state index >= 15 is 0 Å². The Labute approximate surface area is 154 Å². The molecule has 0 fully saturated rings. The fraction of sp³-hybridized carbons (Fsp3) is 0.500. The highest BCUT2D eigenvalue weighted by Gasteiger charge is 2.35. The van der Waals surface area contributed by atoms with E-state index in [-0.39, 0.29) is 17.6 Å². The van der Waals surface area contributed by atoms with Gasteiger partial charge in [0.05, 0.1) is 24.4 Å². The van der Waals surface area contributed by atoms with Gasteiger partial charge in [-0.05, 0) is 39.3 Å². The molecule has 1 aliphatic heterocycles. The van der Waals surface area contributed by atoms with Crippen molar-refractivity contribution in [3.63, 3.8) is 0 Å². The van der Waals surface area contributed by atoms with Gasteiger partial charge < -0.3 is 14.8 Å². The smallest absolute Gasteiger partial charge is 0.255 e. The lowest BCUT2D eigenvalue weighted by molar-refractivity contribution is 0.0617. The molecule has 0 spiro atoms. The summed E-state index contributed by atoms with van der Waals surface area (Å²) in [5.41, 5.74) is 1.96. The Morgan fingerprint density at radius 2 is 2.23 bits per heavy atom. The Kier molecular flexibility index (Phi) is 4.94. The van der Waals surface area contributed by atoms with Crippen molar-refractivity contribution in [1.82, 2.24) is 15.1 Å². The standard InChI is InChI=1S/C20H27N3O3/c1-6-9-23-12-16(13(2)22-23)19(24)21-17-11-20(3,4)26-18-10-14(25-5)7-8-15(17)18/h7-8,10,12,17H,6,9,11H2,1-5H3,(H,21,24)/t17-/m0/s1. The van der Waals surface area contributed by atoms with Crippen LogP contribution in [0.3, 0.4) is 0 Å². The zero-order valence-electron chi connectivity index (χ0n) is 16.1. The third-order valence-corrected chi connectivity index (χ3v) is 4.63. The molecule has 2 heterocycles. The average molecular weight is 357 g/mol. The van der Waals surface area contributed by atoms with Crippen molar-refractivity contribution in [2.75, 3.05) is 7.11 Å². The van der Waals surface area contributed by atoms with Crippen LogP contribution in [0.15, 0.2) is 24.4 Å². The van der Waals surface area contributed by atoms with Crippen LogP contribution < -0.4 is 14.8 Å². The molecule has 0 saturated carbocycles. The number of rotatable bonds is 5. The number of aryl methyl sites for hydroxylation is 2. The number of nitrogens with zero attached hydrogens (tertiary/aromatic N) is 2. The van der Waals surface area contributed by atoms with Gasteiger partial charge in [-0.1, -0.05) is 6.92 Å². The van der Waals surface area contributed by atoms with Gasteiger partial charge in [-0.3, -0.25) is 9.48 Å². The molecular formula is C20H27N3O3. The van der Waals surface area contributed by atoms with Crippen LogP contribution in [0.5, 0.6) is 11.5 Å². The van der Waals surface area contributed by atoms with E-state index in [1.165, 1.54) is 0 Å². The summed E-state index contributed by atoms with van der Waals surface area (Å²) in [7, 11) is 1.63. The lowest BCUT2D eigenvalue weighted by atomic mass is 9.89. The molecule has 2 aromatic rings. The number of nitrogens with one attached hydrogen (secondary N) is 1. The van der Waals surface area contributed by atoms with Crippen LogP contribution in [0.25, 0.3) is 0 Å². The number of carbonyl (C=O) groups is 1. The van der Waals surface area contributed by atoms with Crippen molar-refractivity contribution in [2.24, 2.45) is 0 Å². The first kappa shape index (κ1) is 18.3. The molecule has 0 bridgehead atoms. The number of amides is 1. The molecule has 0 saturated heterocycles. The summed E-state index contributed by atoms with van der Waals surface area (Å²) >= 11 is 0. The maximum Gasteiger partial charge on any atom is 0.255 e. The van der Waals surface area contributed by atoms with Crippen LogP contribution in [-0.2, 0) is 6.54 Å². The number of hydrogen-bond acceptors (Lipinski definition) is 4. The quantitative estimate of drug-likeness (QED) is 0.887. The number of ether oxygens (including phenoxy) is 2. The first-order chi connectivity index (χ1) is 12.3. The summed E-state index contributed by atoms with van der Waals surface area (Å²) < 4.78 is 13.2. The van der Waals surface area contributed by atoms with E-state index in [4.69, 9.17) is 9.47 Å². The van der Waals surface area contributed by atoms with Gasteiger partial charge in [0.2, 0.25) is 0 Å². The highest BCUT2D eigenvalue weighted by molar-refractivity contribution is 5.95. The number of methoxy groups -OCH3 is 1. The molecule has 1 aromatic heterocycles. The van der Waals surface area contributed by atoms with Gasteiger partial charge in [-0.2, -0.15) is 5.10 Å². The van der Waals surface area contributed by atoms with E-state index in [0.717, 1.165) is 35.7 Å².